The van der Waals surface area contributed by atoms with E-state index in [0.29, 0.717) is 23.7 Å². The molecule has 0 heterocycles. The molecule has 8 heteroatoms. The first kappa shape index (κ1) is 22.6. The molecule has 0 aliphatic carbocycles. The molecule has 0 saturated carbocycles. The van der Waals surface area contributed by atoms with Crippen molar-refractivity contribution in [3.63, 3.8) is 0 Å². The van der Waals surface area contributed by atoms with Gasteiger partial charge in [-0.3, -0.25) is 9.59 Å². The van der Waals surface area contributed by atoms with Crippen LogP contribution in [0.1, 0.15) is 29.8 Å². The molecule has 158 valence electrons. The third-order valence-corrected chi connectivity index (χ3v) is 3.83. The fourth-order valence-electron chi connectivity index (χ4n) is 2.51. The first-order valence-corrected chi connectivity index (χ1v) is 9.10. The summed E-state index contributed by atoms with van der Waals surface area (Å²) in [6, 6.07) is 8.76. The van der Waals surface area contributed by atoms with E-state index < -0.39 is 24.2 Å². The van der Waals surface area contributed by atoms with E-state index in [2.05, 4.69) is 5.32 Å². The van der Waals surface area contributed by atoms with Gasteiger partial charge < -0.3 is 19.5 Å². The number of ketones is 1. The van der Waals surface area contributed by atoms with Crippen LogP contribution in [0.15, 0.2) is 42.5 Å². The molecule has 2 aromatic carbocycles. The fraction of sp³-hybridized carbons (Fsp3) is 0.227. The Hall–Kier alpha value is -3.68. The fourth-order valence-corrected chi connectivity index (χ4v) is 2.51. The number of carbonyl (C=O) groups is 3. The second-order valence-corrected chi connectivity index (χ2v) is 6.08. The Bertz CT molecular complexity index is 970. The van der Waals surface area contributed by atoms with Gasteiger partial charge in [0.2, 0.25) is 11.7 Å². The number of hydrogen-bond acceptors (Lipinski definition) is 6. The zero-order chi connectivity index (χ0) is 22.1. The van der Waals surface area contributed by atoms with Crippen molar-refractivity contribution < 1.29 is 33.0 Å². The minimum atomic E-state index is -0.820. The highest BCUT2D eigenvalue weighted by atomic mass is 19.1. The summed E-state index contributed by atoms with van der Waals surface area (Å²) in [7, 11) is 1.53. The van der Waals surface area contributed by atoms with Crippen LogP contribution >= 0.6 is 0 Å². The maximum atomic E-state index is 14.1. The van der Waals surface area contributed by atoms with Crippen LogP contribution in [0.5, 0.6) is 11.5 Å². The Kier molecular flexibility index (Phi) is 8.10. The van der Waals surface area contributed by atoms with E-state index >= 15 is 0 Å². The molecule has 2 aromatic rings. The van der Waals surface area contributed by atoms with Crippen molar-refractivity contribution in [1.82, 2.24) is 0 Å². The van der Waals surface area contributed by atoms with Crippen LogP contribution in [0.4, 0.5) is 10.1 Å². The van der Waals surface area contributed by atoms with Gasteiger partial charge in [-0.1, -0.05) is 6.07 Å². The summed E-state index contributed by atoms with van der Waals surface area (Å²) in [5.74, 6) is -1.55. The second-order valence-electron chi connectivity index (χ2n) is 6.08. The van der Waals surface area contributed by atoms with E-state index in [1.807, 2.05) is 6.92 Å². The molecular formula is C22H22FNO6. The topological polar surface area (TPSA) is 90.9 Å². The average molecular weight is 415 g/mol. The van der Waals surface area contributed by atoms with Crippen molar-refractivity contribution in [2.45, 2.75) is 13.8 Å². The largest absolute Gasteiger partial charge is 0.493 e. The highest BCUT2D eigenvalue weighted by Gasteiger charge is 2.14. The van der Waals surface area contributed by atoms with E-state index in [0.717, 1.165) is 12.1 Å². The van der Waals surface area contributed by atoms with Crippen molar-refractivity contribution >= 4 is 29.4 Å². The predicted molar refractivity (Wildman–Crippen MR) is 109 cm³/mol. The minimum Gasteiger partial charge on any atom is -0.493 e. The molecule has 0 aliphatic rings. The van der Waals surface area contributed by atoms with Gasteiger partial charge in [0.15, 0.2) is 18.1 Å². The molecular weight excluding hydrogens is 393 g/mol. The van der Waals surface area contributed by atoms with Crippen LogP contribution in [0.3, 0.4) is 0 Å². The minimum absolute atomic E-state index is 0.224. The summed E-state index contributed by atoms with van der Waals surface area (Å²) in [6.07, 6.45) is 2.65. The van der Waals surface area contributed by atoms with Gasteiger partial charge in [0.25, 0.3) is 0 Å². The number of rotatable bonds is 9. The van der Waals surface area contributed by atoms with E-state index in [9.17, 15) is 18.8 Å². The van der Waals surface area contributed by atoms with Crippen molar-refractivity contribution in [1.29, 1.82) is 0 Å². The number of hydrogen-bond donors (Lipinski definition) is 1. The van der Waals surface area contributed by atoms with Crippen molar-refractivity contribution in [2.75, 3.05) is 25.6 Å². The van der Waals surface area contributed by atoms with Gasteiger partial charge in [-0.05, 0) is 48.9 Å². The standard InChI is InChI=1S/C22H22FNO6/c1-4-29-21-11-15(5-9-20(21)28-3)6-10-22(27)30-13-19(26)17-8-7-16(12-18(17)23)24-14(2)25/h5-12H,4,13H2,1-3H3,(H,24,25)/b10-6+. The number of anilines is 1. The summed E-state index contributed by atoms with van der Waals surface area (Å²) in [5.41, 5.74) is 0.655. The highest BCUT2D eigenvalue weighted by molar-refractivity contribution is 5.99. The van der Waals surface area contributed by atoms with Crippen molar-refractivity contribution in [3.05, 3.63) is 59.4 Å². The molecule has 0 unspecified atom stereocenters. The lowest BCUT2D eigenvalue weighted by Gasteiger charge is -2.09. The third kappa shape index (κ3) is 6.44. The number of carbonyl (C=O) groups excluding carboxylic acids is 3. The number of halogens is 1. The van der Waals surface area contributed by atoms with Crippen molar-refractivity contribution in [2.24, 2.45) is 0 Å². The molecule has 0 saturated heterocycles. The number of methoxy groups -OCH3 is 1. The molecule has 0 bridgehead atoms. The molecule has 0 fully saturated rings. The Morgan fingerprint density at radius 2 is 1.87 bits per heavy atom. The average Bonchev–Trinajstić information content (AvgIpc) is 2.70. The Morgan fingerprint density at radius 3 is 2.50 bits per heavy atom. The van der Waals surface area contributed by atoms with Crippen LogP contribution in [-0.2, 0) is 14.3 Å². The number of nitrogens with one attached hydrogen (secondary N) is 1. The lowest BCUT2D eigenvalue weighted by atomic mass is 10.1. The first-order valence-electron chi connectivity index (χ1n) is 9.10. The van der Waals surface area contributed by atoms with Gasteiger partial charge >= 0.3 is 5.97 Å². The summed E-state index contributed by atoms with van der Waals surface area (Å²) >= 11 is 0. The monoisotopic (exact) mass is 415 g/mol. The Labute approximate surface area is 173 Å². The SMILES string of the molecule is CCOc1cc(/C=C/C(=O)OCC(=O)c2ccc(NC(C)=O)cc2F)ccc1OC. The van der Waals surface area contributed by atoms with E-state index in [-0.39, 0.29) is 17.2 Å². The van der Waals surface area contributed by atoms with Gasteiger partial charge in [-0.2, -0.15) is 0 Å². The zero-order valence-electron chi connectivity index (χ0n) is 16.9. The third-order valence-electron chi connectivity index (χ3n) is 3.83. The number of amides is 1. The molecule has 7 nitrogen and oxygen atoms in total. The van der Waals surface area contributed by atoms with Gasteiger partial charge in [0.1, 0.15) is 5.82 Å². The zero-order valence-corrected chi connectivity index (χ0v) is 16.9. The molecule has 1 amide bonds. The van der Waals surface area contributed by atoms with Crippen LogP contribution in [-0.4, -0.2) is 38.0 Å². The molecule has 30 heavy (non-hydrogen) atoms. The number of Topliss-reactive ketones (excluding diaryl/α,β-unsaturated/α-hetero) is 1. The molecule has 0 aliphatic heterocycles. The molecule has 0 spiro atoms. The first-order chi connectivity index (χ1) is 14.3. The highest BCUT2D eigenvalue weighted by Crippen LogP contribution is 2.28. The van der Waals surface area contributed by atoms with E-state index in [4.69, 9.17) is 14.2 Å². The lowest BCUT2D eigenvalue weighted by Crippen LogP contribution is -2.14. The summed E-state index contributed by atoms with van der Waals surface area (Å²) < 4.78 is 29.6. The van der Waals surface area contributed by atoms with E-state index in [1.54, 1.807) is 18.2 Å². The van der Waals surface area contributed by atoms with Crippen LogP contribution in [0, 0.1) is 5.82 Å². The molecule has 0 radical (unpaired) electrons. The van der Waals surface area contributed by atoms with Gasteiger partial charge in [-0.15, -0.1) is 0 Å². The van der Waals surface area contributed by atoms with Crippen LogP contribution in [0.25, 0.3) is 6.08 Å². The van der Waals surface area contributed by atoms with E-state index in [1.165, 1.54) is 32.2 Å². The van der Waals surface area contributed by atoms with Gasteiger partial charge in [-0.25, -0.2) is 9.18 Å². The lowest BCUT2D eigenvalue weighted by molar-refractivity contribution is -0.136. The Balaban J connectivity index is 1.96. The summed E-state index contributed by atoms with van der Waals surface area (Å²) in [6.45, 7) is 2.96. The normalized spacial score (nSPS) is 10.5. The van der Waals surface area contributed by atoms with Gasteiger partial charge in [0.05, 0.1) is 19.3 Å². The summed E-state index contributed by atoms with van der Waals surface area (Å²) in [5, 5.41) is 2.41. The van der Waals surface area contributed by atoms with Gasteiger partial charge in [0, 0.05) is 18.7 Å². The maximum absolute atomic E-state index is 14.1. The summed E-state index contributed by atoms with van der Waals surface area (Å²) in [4.78, 5) is 35.0. The number of benzene rings is 2. The van der Waals surface area contributed by atoms with Crippen LogP contribution in [0.2, 0.25) is 0 Å². The number of ether oxygens (including phenoxy) is 3. The molecule has 0 atom stereocenters. The van der Waals surface area contributed by atoms with Crippen molar-refractivity contribution in [3.8, 4) is 11.5 Å². The smallest absolute Gasteiger partial charge is 0.331 e. The molecule has 0 aromatic heterocycles. The maximum Gasteiger partial charge on any atom is 0.331 e. The number of esters is 1. The molecule has 2 rings (SSSR count). The van der Waals surface area contributed by atoms with Crippen LogP contribution < -0.4 is 14.8 Å². The second kappa shape index (κ2) is 10.8. The molecule has 1 N–H and O–H groups in total. The quantitative estimate of drug-likeness (QED) is 0.382. The Morgan fingerprint density at radius 1 is 1.10 bits per heavy atom. The predicted octanol–water partition coefficient (Wildman–Crippen LogP) is 3.63.